The first-order valence-electron chi connectivity index (χ1n) is 5.16. The van der Waals surface area contributed by atoms with Gasteiger partial charge in [-0.15, -0.1) is 0 Å². The van der Waals surface area contributed by atoms with Crippen LogP contribution in [0.2, 0.25) is 0 Å². The van der Waals surface area contributed by atoms with E-state index in [0.717, 1.165) is 18.9 Å². The summed E-state index contributed by atoms with van der Waals surface area (Å²) in [6, 6.07) is 4.04. The Kier molecular flexibility index (Phi) is 3.26. The van der Waals surface area contributed by atoms with Crippen LogP contribution in [0.15, 0.2) is 30.9 Å². The molecular weight excluding hydrogens is 202 g/mol. The van der Waals surface area contributed by atoms with E-state index in [0.29, 0.717) is 0 Å². The average molecular weight is 217 g/mol. The molecule has 84 valence electrons. The van der Waals surface area contributed by atoms with Crippen LogP contribution >= 0.6 is 0 Å². The van der Waals surface area contributed by atoms with Gasteiger partial charge in [0.05, 0.1) is 6.54 Å². The Bertz CT molecular complexity index is 437. The second-order valence-corrected chi connectivity index (χ2v) is 3.83. The molecule has 2 heterocycles. The van der Waals surface area contributed by atoms with Crippen molar-refractivity contribution in [2.45, 2.75) is 13.1 Å². The van der Waals surface area contributed by atoms with Crippen molar-refractivity contribution >= 4 is 0 Å². The van der Waals surface area contributed by atoms with Gasteiger partial charge < -0.3 is 0 Å². The lowest BCUT2D eigenvalue weighted by Gasteiger charge is -2.15. The van der Waals surface area contributed by atoms with E-state index in [2.05, 4.69) is 27.0 Å². The quantitative estimate of drug-likeness (QED) is 0.761. The zero-order chi connectivity index (χ0) is 11.4. The van der Waals surface area contributed by atoms with Gasteiger partial charge in [-0.05, 0) is 24.7 Å². The normalized spacial score (nSPS) is 10.9. The summed E-state index contributed by atoms with van der Waals surface area (Å²) in [6.45, 7) is 1.67. The summed E-state index contributed by atoms with van der Waals surface area (Å²) < 4.78 is 1.79. The minimum absolute atomic E-state index is 0.790. The Morgan fingerprint density at radius 2 is 2.00 bits per heavy atom. The van der Waals surface area contributed by atoms with Crippen molar-refractivity contribution in [1.29, 1.82) is 0 Å². The number of nitrogens with zero attached hydrogens (tertiary/aromatic N) is 5. The maximum Gasteiger partial charge on any atom is 0.140 e. The van der Waals surface area contributed by atoms with Crippen LogP contribution in [-0.2, 0) is 20.1 Å². The average Bonchev–Trinajstić information content (AvgIpc) is 2.66. The first kappa shape index (κ1) is 10.8. The molecule has 0 saturated carbocycles. The summed E-state index contributed by atoms with van der Waals surface area (Å²) in [5.41, 5.74) is 1.25. The summed E-state index contributed by atoms with van der Waals surface area (Å²) in [5.74, 6) is 0.969. The second-order valence-electron chi connectivity index (χ2n) is 3.83. The molecule has 0 radical (unpaired) electrons. The predicted molar refractivity (Wildman–Crippen MR) is 60.4 cm³/mol. The van der Waals surface area contributed by atoms with Gasteiger partial charge in [0.1, 0.15) is 12.2 Å². The summed E-state index contributed by atoms with van der Waals surface area (Å²) in [7, 11) is 3.97. The van der Waals surface area contributed by atoms with E-state index in [1.165, 1.54) is 5.56 Å². The zero-order valence-corrected chi connectivity index (χ0v) is 9.54. The molecule has 0 amide bonds. The lowest BCUT2D eigenvalue weighted by atomic mass is 10.2. The van der Waals surface area contributed by atoms with E-state index in [4.69, 9.17) is 0 Å². The van der Waals surface area contributed by atoms with Crippen LogP contribution in [0.25, 0.3) is 0 Å². The van der Waals surface area contributed by atoms with Crippen LogP contribution in [0, 0.1) is 0 Å². The second kappa shape index (κ2) is 4.85. The van der Waals surface area contributed by atoms with Gasteiger partial charge in [0.2, 0.25) is 0 Å². The smallest absolute Gasteiger partial charge is 0.140 e. The fourth-order valence-electron chi connectivity index (χ4n) is 1.56. The minimum atomic E-state index is 0.790. The molecule has 2 rings (SSSR count). The van der Waals surface area contributed by atoms with Gasteiger partial charge in [0.15, 0.2) is 0 Å². The molecule has 16 heavy (non-hydrogen) atoms. The van der Waals surface area contributed by atoms with E-state index in [1.807, 2.05) is 31.6 Å². The minimum Gasteiger partial charge on any atom is -0.295 e. The summed E-state index contributed by atoms with van der Waals surface area (Å²) >= 11 is 0. The van der Waals surface area contributed by atoms with E-state index in [9.17, 15) is 0 Å². The zero-order valence-electron chi connectivity index (χ0n) is 9.54. The molecule has 0 aliphatic carbocycles. The maximum atomic E-state index is 4.20. The number of hydrogen-bond donors (Lipinski definition) is 0. The highest BCUT2D eigenvalue weighted by Crippen LogP contribution is 2.04. The van der Waals surface area contributed by atoms with Crippen molar-refractivity contribution in [3.8, 4) is 0 Å². The van der Waals surface area contributed by atoms with Crippen molar-refractivity contribution in [3.63, 3.8) is 0 Å². The first-order valence-corrected chi connectivity index (χ1v) is 5.16. The molecule has 0 fully saturated rings. The largest absolute Gasteiger partial charge is 0.295 e. The van der Waals surface area contributed by atoms with E-state index >= 15 is 0 Å². The van der Waals surface area contributed by atoms with Crippen LogP contribution in [0.1, 0.15) is 11.4 Å². The molecule has 0 aliphatic rings. The number of rotatable bonds is 4. The fraction of sp³-hybridized carbons (Fsp3) is 0.364. The van der Waals surface area contributed by atoms with Crippen molar-refractivity contribution in [2.75, 3.05) is 7.05 Å². The van der Waals surface area contributed by atoms with E-state index < -0.39 is 0 Å². The van der Waals surface area contributed by atoms with E-state index in [1.54, 1.807) is 11.0 Å². The molecule has 0 N–H and O–H groups in total. The molecule has 0 spiro atoms. The lowest BCUT2D eigenvalue weighted by Crippen LogP contribution is -2.19. The van der Waals surface area contributed by atoms with Crippen LogP contribution in [0.3, 0.4) is 0 Å². The Morgan fingerprint density at radius 1 is 1.25 bits per heavy atom. The molecule has 0 aromatic carbocycles. The fourth-order valence-corrected chi connectivity index (χ4v) is 1.56. The molecule has 2 aromatic heterocycles. The van der Waals surface area contributed by atoms with Crippen LogP contribution in [0.5, 0.6) is 0 Å². The SMILES string of the molecule is CN(Cc1ccncc1)Cc1ncnn1C. The monoisotopic (exact) mass is 217 g/mol. The van der Waals surface area contributed by atoms with Crippen molar-refractivity contribution < 1.29 is 0 Å². The molecule has 0 unspecified atom stereocenters. The molecule has 0 atom stereocenters. The van der Waals surface area contributed by atoms with Gasteiger partial charge in [0, 0.05) is 26.0 Å². The molecule has 2 aromatic rings. The molecule has 0 bridgehead atoms. The number of hydrogen-bond acceptors (Lipinski definition) is 4. The molecule has 5 heteroatoms. The van der Waals surface area contributed by atoms with Gasteiger partial charge in [-0.1, -0.05) is 0 Å². The highest BCUT2D eigenvalue weighted by atomic mass is 15.3. The van der Waals surface area contributed by atoms with Crippen molar-refractivity contribution in [2.24, 2.45) is 7.05 Å². The molecule has 0 saturated heterocycles. The van der Waals surface area contributed by atoms with Gasteiger partial charge >= 0.3 is 0 Å². The Balaban J connectivity index is 1.95. The van der Waals surface area contributed by atoms with Gasteiger partial charge in [-0.2, -0.15) is 5.10 Å². The van der Waals surface area contributed by atoms with Gasteiger partial charge in [-0.3, -0.25) is 14.6 Å². The third-order valence-corrected chi connectivity index (χ3v) is 2.42. The Hall–Kier alpha value is -1.75. The van der Waals surface area contributed by atoms with Gasteiger partial charge in [-0.25, -0.2) is 4.98 Å². The third kappa shape index (κ3) is 2.64. The lowest BCUT2D eigenvalue weighted by molar-refractivity contribution is 0.305. The third-order valence-electron chi connectivity index (χ3n) is 2.42. The summed E-state index contributed by atoms with van der Waals surface area (Å²) in [6.07, 6.45) is 5.20. The highest BCUT2D eigenvalue weighted by Gasteiger charge is 2.05. The van der Waals surface area contributed by atoms with E-state index in [-0.39, 0.29) is 0 Å². The number of pyridine rings is 1. The molecule has 0 aliphatic heterocycles. The summed E-state index contributed by atoms with van der Waals surface area (Å²) in [5, 5.41) is 4.05. The molecule has 5 nitrogen and oxygen atoms in total. The highest BCUT2D eigenvalue weighted by molar-refractivity contribution is 5.09. The topological polar surface area (TPSA) is 46.8 Å². The number of aromatic nitrogens is 4. The first-order chi connectivity index (χ1) is 7.75. The predicted octanol–water partition coefficient (Wildman–Crippen LogP) is 0.842. The standard InChI is InChI=1S/C11H15N5/c1-15(7-10-3-5-12-6-4-10)8-11-13-9-14-16(11)2/h3-6,9H,7-8H2,1-2H3. The van der Waals surface area contributed by atoms with Crippen LogP contribution in [0.4, 0.5) is 0 Å². The van der Waals surface area contributed by atoms with Crippen molar-refractivity contribution in [1.82, 2.24) is 24.6 Å². The Labute approximate surface area is 94.8 Å². The Morgan fingerprint density at radius 3 is 2.62 bits per heavy atom. The van der Waals surface area contributed by atoms with Crippen LogP contribution in [-0.4, -0.2) is 31.7 Å². The molecular formula is C11H15N5. The summed E-state index contributed by atoms with van der Waals surface area (Å²) in [4.78, 5) is 10.4. The van der Waals surface area contributed by atoms with Crippen molar-refractivity contribution in [3.05, 3.63) is 42.2 Å². The maximum absolute atomic E-state index is 4.20. The van der Waals surface area contributed by atoms with Gasteiger partial charge in [0.25, 0.3) is 0 Å². The number of aryl methyl sites for hydroxylation is 1. The van der Waals surface area contributed by atoms with Crippen LogP contribution < -0.4 is 0 Å².